The SMILES string of the molecule is CC(N)Cc1ccc(OCC(C)C(N)=O)c(Cl)c1. The lowest BCUT2D eigenvalue weighted by Crippen LogP contribution is -2.25. The molecule has 4 nitrogen and oxygen atoms in total. The highest BCUT2D eigenvalue weighted by Crippen LogP contribution is 2.26. The van der Waals surface area contributed by atoms with E-state index in [1.165, 1.54) is 0 Å². The molecule has 4 N–H and O–H groups in total. The smallest absolute Gasteiger partial charge is 0.223 e. The monoisotopic (exact) mass is 270 g/mol. The van der Waals surface area contributed by atoms with Crippen LogP contribution in [0.3, 0.4) is 0 Å². The summed E-state index contributed by atoms with van der Waals surface area (Å²) in [5, 5.41) is 0.518. The number of benzene rings is 1. The van der Waals surface area contributed by atoms with Gasteiger partial charge >= 0.3 is 0 Å². The molecule has 0 aromatic heterocycles. The van der Waals surface area contributed by atoms with Crippen molar-refractivity contribution in [2.45, 2.75) is 26.3 Å². The fourth-order valence-corrected chi connectivity index (χ4v) is 1.71. The van der Waals surface area contributed by atoms with E-state index in [0.29, 0.717) is 10.8 Å². The maximum Gasteiger partial charge on any atom is 0.223 e. The number of hydrogen-bond donors (Lipinski definition) is 2. The molecule has 18 heavy (non-hydrogen) atoms. The molecule has 0 saturated heterocycles. The fraction of sp³-hybridized carbons (Fsp3) is 0.462. The average Bonchev–Trinajstić information content (AvgIpc) is 2.26. The molecule has 1 aromatic rings. The van der Waals surface area contributed by atoms with Crippen LogP contribution < -0.4 is 16.2 Å². The Morgan fingerprint density at radius 3 is 2.61 bits per heavy atom. The molecule has 1 rings (SSSR count). The number of hydrogen-bond acceptors (Lipinski definition) is 3. The number of rotatable bonds is 6. The molecular formula is C13H19ClN2O2. The van der Waals surface area contributed by atoms with Crippen LogP contribution in [0.25, 0.3) is 0 Å². The number of amides is 1. The predicted molar refractivity (Wildman–Crippen MR) is 72.7 cm³/mol. The van der Waals surface area contributed by atoms with Gasteiger partial charge in [0.2, 0.25) is 5.91 Å². The summed E-state index contributed by atoms with van der Waals surface area (Å²) in [5.41, 5.74) is 11.9. The van der Waals surface area contributed by atoms with Gasteiger partial charge in [0.25, 0.3) is 0 Å². The number of carbonyl (C=O) groups excluding carboxylic acids is 1. The minimum absolute atomic E-state index is 0.0859. The van der Waals surface area contributed by atoms with Gasteiger partial charge in [0.05, 0.1) is 17.5 Å². The first-order valence-corrected chi connectivity index (χ1v) is 6.24. The van der Waals surface area contributed by atoms with Crippen LogP contribution in [-0.2, 0) is 11.2 Å². The van der Waals surface area contributed by atoms with Crippen LogP contribution in [0.15, 0.2) is 18.2 Å². The molecule has 2 unspecified atom stereocenters. The number of nitrogens with two attached hydrogens (primary N) is 2. The minimum atomic E-state index is -0.389. The Hall–Kier alpha value is -1.26. The molecule has 0 bridgehead atoms. The van der Waals surface area contributed by atoms with Crippen molar-refractivity contribution < 1.29 is 9.53 Å². The molecule has 5 heteroatoms. The van der Waals surface area contributed by atoms with Gasteiger partial charge < -0.3 is 16.2 Å². The summed E-state index contributed by atoms with van der Waals surface area (Å²) in [7, 11) is 0. The lowest BCUT2D eigenvalue weighted by atomic mass is 10.1. The van der Waals surface area contributed by atoms with E-state index in [1.54, 1.807) is 13.0 Å². The molecule has 0 heterocycles. The summed E-state index contributed by atoms with van der Waals surface area (Å²) in [6.45, 7) is 3.87. The van der Waals surface area contributed by atoms with Gasteiger partial charge in [0.1, 0.15) is 5.75 Å². The highest BCUT2D eigenvalue weighted by atomic mass is 35.5. The Balaban J connectivity index is 2.65. The molecule has 2 atom stereocenters. The molecule has 1 aromatic carbocycles. The highest BCUT2D eigenvalue weighted by molar-refractivity contribution is 6.32. The molecular weight excluding hydrogens is 252 g/mol. The number of primary amides is 1. The largest absolute Gasteiger partial charge is 0.491 e. The van der Waals surface area contributed by atoms with Crippen molar-refractivity contribution in [2.75, 3.05) is 6.61 Å². The molecule has 0 fully saturated rings. The summed E-state index contributed by atoms with van der Waals surface area (Å²) in [4.78, 5) is 10.9. The summed E-state index contributed by atoms with van der Waals surface area (Å²) in [6, 6.07) is 5.62. The molecule has 0 aliphatic rings. The number of carbonyl (C=O) groups is 1. The third-order valence-electron chi connectivity index (χ3n) is 2.53. The topological polar surface area (TPSA) is 78.3 Å². The third kappa shape index (κ3) is 4.55. The second kappa shape index (κ2) is 6.61. The number of halogens is 1. The Morgan fingerprint density at radius 2 is 2.11 bits per heavy atom. The first-order chi connectivity index (χ1) is 8.40. The van der Waals surface area contributed by atoms with Crippen molar-refractivity contribution in [2.24, 2.45) is 17.4 Å². The standard InChI is InChI=1S/C13H19ClN2O2/c1-8(13(16)17)7-18-12-4-3-10(5-9(2)15)6-11(12)14/h3-4,6,8-9H,5,7,15H2,1-2H3,(H2,16,17). The molecule has 1 amide bonds. The zero-order chi connectivity index (χ0) is 13.7. The second-order valence-corrected chi connectivity index (χ2v) is 4.97. The highest BCUT2D eigenvalue weighted by Gasteiger charge is 2.11. The summed E-state index contributed by atoms with van der Waals surface area (Å²) >= 11 is 6.09. The molecule has 0 aliphatic carbocycles. The summed E-state index contributed by atoms with van der Waals surface area (Å²) in [5.74, 6) is -0.178. The molecule has 100 valence electrons. The first kappa shape index (κ1) is 14.8. The van der Waals surface area contributed by atoms with Crippen LogP contribution in [0.4, 0.5) is 0 Å². The maximum absolute atomic E-state index is 10.9. The predicted octanol–water partition coefficient (Wildman–Crippen LogP) is 1.73. The van der Waals surface area contributed by atoms with E-state index in [2.05, 4.69) is 0 Å². The zero-order valence-corrected chi connectivity index (χ0v) is 11.4. The van der Waals surface area contributed by atoms with E-state index in [9.17, 15) is 4.79 Å². The minimum Gasteiger partial charge on any atom is -0.491 e. The van der Waals surface area contributed by atoms with Crippen LogP contribution in [0.5, 0.6) is 5.75 Å². The van der Waals surface area contributed by atoms with E-state index in [0.717, 1.165) is 12.0 Å². The van der Waals surface area contributed by atoms with Gasteiger partial charge in [-0.3, -0.25) is 4.79 Å². The van der Waals surface area contributed by atoms with Gasteiger partial charge in [-0.25, -0.2) is 0 Å². The zero-order valence-electron chi connectivity index (χ0n) is 10.7. The second-order valence-electron chi connectivity index (χ2n) is 4.56. The molecule has 0 radical (unpaired) electrons. The fourth-order valence-electron chi connectivity index (χ4n) is 1.46. The Morgan fingerprint density at radius 1 is 1.44 bits per heavy atom. The van der Waals surface area contributed by atoms with Gasteiger partial charge in [-0.1, -0.05) is 24.6 Å². The quantitative estimate of drug-likeness (QED) is 0.826. The van der Waals surface area contributed by atoms with E-state index >= 15 is 0 Å². The summed E-state index contributed by atoms with van der Waals surface area (Å²) in [6.07, 6.45) is 0.762. The Bertz CT molecular complexity index is 421. The molecule has 0 saturated carbocycles. The lowest BCUT2D eigenvalue weighted by Gasteiger charge is -2.12. The van der Waals surface area contributed by atoms with Crippen LogP contribution >= 0.6 is 11.6 Å². The van der Waals surface area contributed by atoms with Crippen LogP contribution in [0, 0.1) is 5.92 Å². The van der Waals surface area contributed by atoms with Crippen molar-refractivity contribution in [3.63, 3.8) is 0 Å². The van der Waals surface area contributed by atoms with Gasteiger partial charge in [0.15, 0.2) is 0 Å². The Kier molecular flexibility index (Phi) is 5.44. The first-order valence-electron chi connectivity index (χ1n) is 5.86. The van der Waals surface area contributed by atoms with E-state index in [1.807, 2.05) is 19.1 Å². The van der Waals surface area contributed by atoms with E-state index in [4.69, 9.17) is 27.8 Å². The normalized spacial score (nSPS) is 14.0. The van der Waals surface area contributed by atoms with E-state index in [-0.39, 0.29) is 24.5 Å². The van der Waals surface area contributed by atoms with Crippen molar-refractivity contribution >= 4 is 17.5 Å². The van der Waals surface area contributed by atoms with Crippen molar-refractivity contribution in [3.8, 4) is 5.75 Å². The molecule has 0 spiro atoms. The van der Waals surface area contributed by atoms with Crippen molar-refractivity contribution in [3.05, 3.63) is 28.8 Å². The summed E-state index contributed by atoms with van der Waals surface area (Å²) < 4.78 is 5.46. The van der Waals surface area contributed by atoms with Crippen molar-refractivity contribution in [1.29, 1.82) is 0 Å². The van der Waals surface area contributed by atoms with Gasteiger partial charge in [-0.2, -0.15) is 0 Å². The van der Waals surface area contributed by atoms with Crippen LogP contribution in [0.2, 0.25) is 5.02 Å². The molecule has 0 aliphatic heterocycles. The van der Waals surface area contributed by atoms with Gasteiger partial charge in [-0.15, -0.1) is 0 Å². The lowest BCUT2D eigenvalue weighted by molar-refractivity contribution is -0.122. The van der Waals surface area contributed by atoms with Crippen LogP contribution in [-0.4, -0.2) is 18.6 Å². The Labute approximate surface area is 112 Å². The average molecular weight is 271 g/mol. The van der Waals surface area contributed by atoms with Gasteiger partial charge in [-0.05, 0) is 31.0 Å². The van der Waals surface area contributed by atoms with Crippen molar-refractivity contribution in [1.82, 2.24) is 0 Å². The maximum atomic E-state index is 10.9. The van der Waals surface area contributed by atoms with Crippen LogP contribution in [0.1, 0.15) is 19.4 Å². The number of ether oxygens (including phenoxy) is 1. The third-order valence-corrected chi connectivity index (χ3v) is 2.82. The van der Waals surface area contributed by atoms with Gasteiger partial charge in [0, 0.05) is 6.04 Å². The van der Waals surface area contributed by atoms with E-state index < -0.39 is 0 Å².